The van der Waals surface area contributed by atoms with Gasteiger partial charge in [-0.2, -0.15) is 0 Å². The van der Waals surface area contributed by atoms with Gasteiger partial charge in [-0.05, 0) is 38.0 Å². The van der Waals surface area contributed by atoms with Crippen molar-refractivity contribution in [3.05, 3.63) is 0 Å². The molecule has 17 heavy (non-hydrogen) atoms. The SMILES string of the molecule is CS(C)(C)CCOC(=O)C1CCC(F)C(O)C1. The minimum atomic E-state index is -1.18. The molecule has 0 aromatic heterocycles. The van der Waals surface area contributed by atoms with Gasteiger partial charge < -0.3 is 9.84 Å². The smallest absolute Gasteiger partial charge is 0.309 e. The highest BCUT2D eigenvalue weighted by molar-refractivity contribution is 8.32. The van der Waals surface area contributed by atoms with Crippen LogP contribution in [0.25, 0.3) is 0 Å². The maximum atomic E-state index is 13.0. The highest BCUT2D eigenvalue weighted by atomic mass is 32.3. The molecule has 0 amide bonds. The number of carbonyl (C=O) groups is 1. The minimum absolute atomic E-state index is 0.197. The largest absolute Gasteiger partial charge is 0.465 e. The molecule has 102 valence electrons. The van der Waals surface area contributed by atoms with Gasteiger partial charge in [-0.15, -0.1) is 0 Å². The van der Waals surface area contributed by atoms with Gasteiger partial charge in [-0.1, -0.05) is 0 Å². The van der Waals surface area contributed by atoms with Crippen LogP contribution >= 0.6 is 10.0 Å². The summed E-state index contributed by atoms with van der Waals surface area (Å²) in [5, 5.41) is 9.37. The van der Waals surface area contributed by atoms with E-state index in [4.69, 9.17) is 4.74 Å². The Morgan fingerprint density at radius 1 is 1.41 bits per heavy atom. The lowest BCUT2D eigenvalue weighted by Crippen LogP contribution is -2.35. The van der Waals surface area contributed by atoms with E-state index in [2.05, 4.69) is 18.8 Å². The van der Waals surface area contributed by atoms with Crippen LogP contribution in [-0.2, 0) is 9.53 Å². The average Bonchev–Trinajstić information content (AvgIpc) is 2.20. The molecule has 0 aromatic carbocycles. The quantitative estimate of drug-likeness (QED) is 0.788. The lowest BCUT2D eigenvalue weighted by Gasteiger charge is -2.28. The van der Waals surface area contributed by atoms with E-state index in [-0.39, 0.29) is 24.7 Å². The molecule has 0 spiro atoms. The first-order valence-electron chi connectivity index (χ1n) is 5.94. The Morgan fingerprint density at radius 2 is 2.06 bits per heavy atom. The summed E-state index contributed by atoms with van der Waals surface area (Å²) in [6.07, 6.45) is 5.25. The summed E-state index contributed by atoms with van der Waals surface area (Å²) in [4.78, 5) is 11.7. The number of hydrogen-bond donors (Lipinski definition) is 1. The van der Waals surface area contributed by atoms with Crippen molar-refractivity contribution < 1.29 is 19.0 Å². The molecule has 3 atom stereocenters. The van der Waals surface area contributed by atoms with Gasteiger partial charge in [-0.3, -0.25) is 4.79 Å². The van der Waals surface area contributed by atoms with Crippen LogP contribution in [0.1, 0.15) is 19.3 Å². The summed E-state index contributed by atoms with van der Waals surface area (Å²) < 4.78 is 18.2. The minimum Gasteiger partial charge on any atom is -0.465 e. The van der Waals surface area contributed by atoms with Crippen molar-refractivity contribution in [2.24, 2.45) is 5.92 Å². The molecule has 3 unspecified atom stereocenters. The van der Waals surface area contributed by atoms with Crippen LogP contribution in [0.15, 0.2) is 0 Å². The van der Waals surface area contributed by atoms with Gasteiger partial charge in [0, 0.05) is 5.75 Å². The third-order valence-corrected chi connectivity index (χ3v) is 4.40. The maximum Gasteiger partial charge on any atom is 0.309 e. The van der Waals surface area contributed by atoms with E-state index in [1.807, 2.05) is 0 Å². The number of esters is 1. The second-order valence-corrected chi connectivity index (χ2v) is 10.1. The fourth-order valence-electron chi connectivity index (χ4n) is 1.83. The molecule has 0 radical (unpaired) electrons. The van der Waals surface area contributed by atoms with Crippen LogP contribution in [-0.4, -0.2) is 54.5 Å². The predicted octanol–water partition coefficient (Wildman–Crippen LogP) is 1.72. The molecule has 3 nitrogen and oxygen atoms in total. The number of aliphatic hydroxyl groups excluding tert-OH is 1. The van der Waals surface area contributed by atoms with Crippen molar-refractivity contribution in [2.45, 2.75) is 31.5 Å². The zero-order valence-electron chi connectivity index (χ0n) is 10.8. The first-order chi connectivity index (χ1) is 7.79. The number of rotatable bonds is 4. The molecule has 1 saturated carbocycles. The van der Waals surface area contributed by atoms with Crippen LogP contribution in [0.4, 0.5) is 4.39 Å². The normalized spacial score (nSPS) is 31.0. The molecule has 1 rings (SSSR count). The van der Waals surface area contributed by atoms with E-state index in [0.29, 0.717) is 13.0 Å². The summed E-state index contributed by atoms with van der Waals surface area (Å²) in [5.41, 5.74) is 0. The van der Waals surface area contributed by atoms with Gasteiger partial charge in [0.05, 0.1) is 18.6 Å². The van der Waals surface area contributed by atoms with Crippen LogP contribution in [0.5, 0.6) is 0 Å². The monoisotopic (exact) mass is 266 g/mol. The molecular weight excluding hydrogens is 243 g/mol. The second-order valence-electron chi connectivity index (χ2n) is 5.56. The highest BCUT2D eigenvalue weighted by Crippen LogP contribution is 2.34. The zero-order chi connectivity index (χ0) is 13.1. The average molecular weight is 266 g/mol. The Bertz CT molecular complexity index is 265. The summed E-state index contributed by atoms with van der Waals surface area (Å²) in [7, 11) is -0.657. The molecular formula is C12H23FO3S. The summed E-state index contributed by atoms with van der Waals surface area (Å²) in [6, 6.07) is 0. The first-order valence-corrected chi connectivity index (χ1v) is 8.97. The first kappa shape index (κ1) is 14.8. The fraction of sp³-hybridized carbons (Fsp3) is 0.917. The Hall–Kier alpha value is -0.290. The van der Waals surface area contributed by atoms with Crippen molar-refractivity contribution in [1.29, 1.82) is 0 Å². The van der Waals surface area contributed by atoms with Crippen molar-refractivity contribution in [2.75, 3.05) is 31.1 Å². The second kappa shape index (κ2) is 6.05. The topological polar surface area (TPSA) is 46.5 Å². The Kier molecular flexibility index (Phi) is 5.25. The van der Waals surface area contributed by atoms with Gasteiger partial charge in [0.15, 0.2) is 0 Å². The molecule has 0 bridgehead atoms. The number of ether oxygens (including phenoxy) is 1. The maximum absolute atomic E-state index is 13.0. The lowest BCUT2D eigenvalue weighted by molar-refractivity contribution is -0.151. The molecule has 0 saturated heterocycles. The standard InChI is InChI=1S/C12H23FO3S/c1-17(2,3)7-6-16-12(15)9-4-5-10(13)11(14)8-9/h9-11,14H,4-8H2,1-3H3. The summed E-state index contributed by atoms with van der Waals surface area (Å²) in [6.45, 7) is 0.434. The fourth-order valence-corrected chi connectivity index (χ4v) is 2.42. The zero-order valence-corrected chi connectivity index (χ0v) is 11.6. The Balaban J connectivity index is 2.29. The third-order valence-electron chi connectivity index (χ3n) is 3.01. The van der Waals surface area contributed by atoms with Crippen LogP contribution < -0.4 is 0 Å². The highest BCUT2D eigenvalue weighted by Gasteiger charge is 2.33. The number of aliphatic hydroxyl groups is 1. The van der Waals surface area contributed by atoms with Gasteiger partial charge >= 0.3 is 5.97 Å². The number of halogens is 1. The van der Waals surface area contributed by atoms with Gasteiger partial charge in [0.2, 0.25) is 0 Å². The predicted molar refractivity (Wildman–Crippen MR) is 69.4 cm³/mol. The number of carbonyl (C=O) groups excluding carboxylic acids is 1. The summed E-state index contributed by atoms with van der Waals surface area (Å²) in [5.74, 6) is 0.284. The van der Waals surface area contributed by atoms with Gasteiger partial charge in [0.25, 0.3) is 0 Å². The molecule has 1 fully saturated rings. The lowest BCUT2D eigenvalue weighted by atomic mass is 9.86. The summed E-state index contributed by atoms with van der Waals surface area (Å²) >= 11 is 0. The van der Waals surface area contributed by atoms with Gasteiger partial charge in [-0.25, -0.2) is 14.4 Å². The third kappa shape index (κ3) is 5.25. The van der Waals surface area contributed by atoms with Crippen LogP contribution in [0.2, 0.25) is 0 Å². The van der Waals surface area contributed by atoms with E-state index in [9.17, 15) is 14.3 Å². The van der Waals surface area contributed by atoms with Crippen molar-refractivity contribution >= 4 is 16.0 Å². The van der Waals surface area contributed by atoms with Crippen LogP contribution in [0, 0.1) is 5.92 Å². The molecule has 0 heterocycles. The van der Waals surface area contributed by atoms with Crippen molar-refractivity contribution in [3.8, 4) is 0 Å². The van der Waals surface area contributed by atoms with E-state index < -0.39 is 22.3 Å². The molecule has 1 N–H and O–H groups in total. The van der Waals surface area contributed by atoms with Crippen LogP contribution in [0.3, 0.4) is 0 Å². The number of alkyl halides is 1. The van der Waals surface area contributed by atoms with E-state index in [1.54, 1.807) is 0 Å². The van der Waals surface area contributed by atoms with Crippen molar-refractivity contribution in [3.63, 3.8) is 0 Å². The van der Waals surface area contributed by atoms with E-state index in [1.165, 1.54) is 0 Å². The molecule has 1 aliphatic rings. The Labute approximate surface area is 104 Å². The van der Waals surface area contributed by atoms with Gasteiger partial charge in [0.1, 0.15) is 6.17 Å². The van der Waals surface area contributed by atoms with E-state index in [0.717, 1.165) is 5.75 Å². The number of hydrogen-bond acceptors (Lipinski definition) is 3. The molecule has 5 heteroatoms. The molecule has 0 aromatic rings. The van der Waals surface area contributed by atoms with E-state index >= 15 is 0 Å². The van der Waals surface area contributed by atoms with Crippen molar-refractivity contribution in [1.82, 2.24) is 0 Å². The molecule has 1 aliphatic carbocycles. The Morgan fingerprint density at radius 3 is 2.59 bits per heavy atom. The molecule has 0 aliphatic heterocycles.